The third-order valence-electron chi connectivity index (χ3n) is 6.16. The third kappa shape index (κ3) is 3.18. The van der Waals surface area contributed by atoms with Gasteiger partial charge in [0.2, 0.25) is 5.91 Å². The number of aromatic amines is 1. The first-order chi connectivity index (χ1) is 12.1. The lowest BCUT2D eigenvalue weighted by atomic mass is 9.93. The van der Waals surface area contributed by atoms with E-state index in [0.717, 1.165) is 81.8 Å². The number of likely N-dealkylation sites (tertiary alicyclic amines) is 2. The molecule has 6 heteroatoms. The fourth-order valence-electron chi connectivity index (χ4n) is 4.50. The Bertz CT molecular complexity index is 660. The summed E-state index contributed by atoms with van der Waals surface area (Å²) in [5.41, 5.74) is 2.81. The fourth-order valence-corrected chi connectivity index (χ4v) is 4.50. The summed E-state index contributed by atoms with van der Waals surface area (Å²) in [6, 6.07) is 0. The van der Waals surface area contributed by atoms with E-state index >= 15 is 0 Å². The number of H-pyrrole nitrogens is 1. The number of carbonyl (C=O) groups is 2. The molecule has 3 heterocycles. The zero-order chi connectivity index (χ0) is 17.4. The van der Waals surface area contributed by atoms with Crippen LogP contribution >= 0.6 is 0 Å². The molecule has 25 heavy (non-hydrogen) atoms. The van der Waals surface area contributed by atoms with E-state index in [4.69, 9.17) is 0 Å². The van der Waals surface area contributed by atoms with Crippen molar-refractivity contribution in [2.24, 2.45) is 11.8 Å². The lowest BCUT2D eigenvalue weighted by Gasteiger charge is -2.37. The molecule has 0 spiro atoms. The van der Waals surface area contributed by atoms with Gasteiger partial charge in [-0.2, -0.15) is 5.10 Å². The fraction of sp³-hybridized carbons (Fsp3) is 0.737. The van der Waals surface area contributed by atoms with Gasteiger partial charge >= 0.3 is 0 Å². The highest BCUT2D eigenvalue weighted by Crippen LogP contribution is 2.27. The number of aryl methyl sites for hydroxylation is 1. The summed E-state index contributed by atoms with van der Waals surface area (Å²) in [4.78, 5) is 29.7. The lowest BCUT2D eigenvalue weighted by molar-refractivity contribution is -0.138. The molecule has 4 rings (SSSR count). The van der Waals surface area contributed by atoms with Crippen LogP contribution in [0.15, 0.2) is 0 Å². The molecule has 0 bridgehead atoms. The molecule has 136 valence electrons. The van der Waals surface area contributed by atoms with Crippen LogP contribution in [0.4, 0.5) is 0 Å². The molecule has 2 amide bonds. The van der Waals surface area contributed by atoms with Crippen LogP contribution in [-0.4, -0.2) is 58.0 Å². The van der Waals surface area contributed by atoms with Gasteiger partial charge < -0.3 is 9.80 Å². The summed E-state index contributed by atoms with van der Waals surface area (Å²) in [6.45, 7) is 5.28. The molecule has 0 aromatic carbocycles. The molecule has 3 aliphatic rings. The van der Waals surface area contributed by atoms with Gasteiger partial charge in [-0.25, -0.2) is 0 Å². The minimum Gasteiger partial charge on any atom is -0.342 e. The largest absolute Gasteiger partial charge is 0.342 e. The summed E-state index contributed by atoms with van der Waals surface area (Å²) in [5, 5.41) is 7.29. The Balaban J connectivity index is 1.42. The van der Waals surface area contributed by atoms with Crippen LogP contribution < -0.4 is 0 Å². The van der Waals surface area contributed by atoms with Crippen molar-refractivity contribution in [1.29, 1.82) is 0 Å². The second-order valence-corrected chi connectivity index (χ2v) is 7.98. The first-order valence-electron chi connectivity index (χ1n) is 9.77. The minimum absolute atomic E-state index is 0.00386. The topological polar surface area (TPSA) is 69.3 Å². The second kappa shape index (κ2) is 6.81. The highest BCUT2D eigenvalue weighted by atomic mass is 16.2. The maximum absolute atomic E-state index is 12.9. The molecule has 1 aliphatic carbocycles. The van der Waals surface area contributed by atoms with Crippen LogP contribution in [0.3, 0.4) is 0 Å². The number of fused-ring (bicyclic) bond motifs is 1. The number of aromatic nitrogens is 2. The van der Waals surface area contributed by atoms with E-state index in [1.165, 1.54) is 0 Å². The standard InChI is InChI=1S/C19H28N4O2/c1-13-7-10-22(11-8-13)18(24)14-4-3-9-23(12-14)19(25)17-15-5-2-6-16(15)20-21-17/h13-14H,2-12H2,1H3,(H,20,21)/t14-/m1/s1. The normalized spacial score (nSPS) is 24.4. The van der Waals surface area contributed by atoms with Crippen LogP contribution in [0.1, 0.15) is 60.8 Å². The number of rotatable bonds is 2. The van der Waals surface area contributed by atoms with Crippen molar-refractivity contribution in [3.63, 3.8) is 0 Å². The maximum atomic E-state index is 12.9. The number of hydrogen-bond donors (Lipinski definition) is 1. The van der Waals surface area contributed by atoms with E-state index in [0.29, 0.717) is 12.2 Å². The molecule has 1 atom stereocenters. The van der Waals surface area contributed by atoms with Crippen LogP contribution in [0, 0.1) is 11.8 Å². The van der Waals surface area contributed by atoms with E-state index in [-0.39, 0.29) is 17.7 Å². The average molecular weight is 344 g/mol. The smallest absolute Gasteiger partial charge is 0.274 e. The van der Waals surface area contributed by atoms with Gasteiger partial charge in [-0.15, -0.1) is 0 Å². The summed E-state index contributed by atoms with van der Waals surface area (Å²) < 4.78 is 0. The number of hydrogen-bond acceptors (Lipinski definition) is 3. The van der Waals surface area contributed by atoms with Gasteiger partial charge in [0.1, 0.15) is 0 Å². The van der Waals surface area contributed by atoms with Crippen molar-refractivity contribution in [2.45, 2.75) is 51.9 Å². The van der Waals surface area contributed by atoms with Crippen LogP contribution in [-0.2, 0) is 17.6 Å². The molecular formula is C19H28N4O2. The molecule has 0 saturated carbocycles. The predicted octanol–water partition coefficient (Wildman–Crippen LogP) is 2.01. The molecule has 2 aliphatic heterocycles. The van der Waals surface area contributed by atoms with Crippen molar-refractivity contribution in [2.75, 3.05) is 26.2 Å². The van der Waals surface area contributed by atoms with Crippen molar-refractivity contribution in [3.05, 3.63) is 17.0 Å². The molecular weight excluding hydrogens is 316 g/mol. The van der Waals surface area contributed by atoms with Gasteiger partial charge in [-0.05, 0) is 50.9 Å². The van der Waals surface area contributed by atoms with E-state index in [2.05, 4.69) is 17.1 Å². The maximum Gasteiger partial charge on any atom is 0.274 e. The summed E-state index contributed by atoms with van der Waals surface area (Å²) in [7, 11) is 0. The first kappa shape index (κ1) is 16.6. The second-order valence-electron chi connectivity index (χ2n) is 7.98. The third-order valence-corrected chi connectivity index (χ3v) is 6.16. The Morgan fingerprint density at radius 2 is 1.84 bits per heavy atom. The van der Waals surface area contributed by atoms with Crippen LogP contribution in [0.2, 0.25) is 0 Å². The molecule has 2 fully saturated rings. The molecule has 1 N–H and O–H groups in total. The quantitative estimate of drug-likeness (QED) is 0.892. The van der Waals surface area contributed by atoms with Crippen molar-refractivity contribution in [3.8, 4) is 0 Å². The van der Waals surface area contributed by atoms with Gasteiger partial charge in [-0.1, -0.05) is 6.92 Å². The Labute approximate surface area is 148 Å². The number of nitrogens with one attached hydrogen (secondary N) is 1. The van der Waals surface area contributed by atoms with E-state index in [1.807, 2.05) is 9.80 Å². The van der Waals surface area contributed by atoms with Crippen LogP contribution in [0.5, 0.6) is 0 Å². The Hall–Kier alpha value is -1.85. The van der Waals surface area contributed by atoms with Gasteiger partial charge in [0.15, 0.2) is 5.69 Å². The van der Waals surface area contributed by atoms with Crippen molar-refractivity contribution in [1.82, 2.24) is 20.0 Å². The van der Waals surface area contributed by atoms with Gasteiger partial charge in [-0.3, -0.25) is 14.7 Å². The zero-order valence-electron chi connectivity index (χ0n) is 15.1. The van der Waals surface area contributed by atoms with Gasteiger partial charge in [0, 0.05) is 37.4 Å². The molecule has 1 aromatic heterocycles. The molecule has 0 radical (unpaired) electrons. The van der Waals surface area contributed by atoms with E-state index in [1.54, 1.807) is 0 Å². The minimum atomic E-state index is -0.0434. The Morgan fingerprint density at radius 1 is 1.04 bits per heavy atom. The molecule has 6 nitrogen and oxygen atoms in total. The Kier molecular flexibility index (Phi) is 4.52. The highest BCUT2D eigenvalue weighted by molar-refractivity contribution is 5.94. The van der Waals surface area contributed by atoms with Crippen molar-refractivity contribution < 1.29 is 9.59 Å². The summed E-state index contributed by atoms with van der Waals surface area (Å²) >= 11 is 0. The van der Waals surface area contributed by atoms with Gasteiger partial charge in [0.05, 0.1) is 5.92 Å². The lowest BCUT2D eigenvalue weighted by Crippen LogP contribution is -2.48. The number of piperidine rings is 2. The molecule has 0 unspecified atom stereocenters. The number of nitrogens with zero attached hydrogens (tertiary/aromatic N) is 3. The average Bonchev–Trinajstić information content (AvgIpc) is 3.25. The van der Waals surface area contributed by atoms with Crippen LogP contribution in [0.25, 0.3) is 0 Å². The zero-order valence-corrected chi connectivity index (χ0v) is 15.1. The summed E-state index contributed by atoms with van der Waals surface area (Å²) in [6.07, 6.45) is 7.02. The molecule has 1 aromatic rings. The molecule has 2 saturated heterocycles. The Morgan fingerprint density at radius 3 is 2.64 bits per heavy atom. The SMILES string of the molecule is CC1CCN(C(=O)[C@@H]2CCCN(C(=O)c3n[nH]c4c3CCC4)C2)CC1. The summed E-state index contributed by atoms with van der Waals surface area (Å²) in [5.74, 6) is 0.925. The number of carbonyl (C=O) groups excluding carboxylic acids is 2. The highest BCUT2D eigenvalue weighted by Gasteiger charge is 2.34. The van der Waals surface area contributed by atoms with E-state index < -0.39 is 0 Å². The first-order valence-corrected chi connectivity index (χ1v) is 9.77. The van der Waals surface area contributed by atoms with Crippen molar-refractivity contribution >= 4 is 11.8 Å². The van der Waals surface area contributed by atoms with E-state index in [9.17, 15) is 9.59 Å². The van der Waals surface area contributed by atoms with Gasteiger partial charge in [0.25, 0.3) is 5.91 Å². The number of amides is 2. The monoisotopic (exact) mass is 344 g/mol. The predicted molar refractivity (Wildman–Crippen MR) is 94.2 cm³/mol.